The summed E-state index contributed by atoms with van der Waals surface area (Å²) in [7, 11) is 0. The maximum Gasteiger partial charge on any atom is 0.292 e. The molecule has 5 rings (SSSR count). The minimum atomic E-state index is -0.253. The molecule has 4 nitrogen and oxygen atoms in total. The Kier molecular flexibility index (Phi) is 3.76. The van der Waals surface area contributed by atoms with Gasteiger partial charge >= 0.3 is 0 Å². The Morgan fingerprint density at radius 2 is 1.89 bits per heavy atom. The van der Waals surface area contributed by atoms with Gasteiger partial charge in [0.1, 0.15) is 5.69 Å². The third-order valence-electron chi connectivity index (χ3n) is 6.50. The maximum atomic E-state index is 11.8. The molecule has 0 saturated carbocycles. The second-order valence-corrected chi connectivity index (χ2v) is 7.93. The highest BCUT2D eigenvalue weighted by molar-refractivity contribution is 5.87. The van der Waals surface area contributed by atoms with Gasteiger partial charge in [-0.3, -0.25) is 10.1 Å². The van der Waals surface area contributed by atoms with E-state index in [-0.39, 0.29) is 22.6 Å². The summed E-state index contributed by atoms with van der Waals surface area (Å²) in [6.07, 6.45) is 5.46. The molecule has 0 bridgehead atoms. The van der Waals surface area contributed by atoms with E-state index in [4.69, 9.17) is 0 Å². The van der Waals surface area contributed by atoms with Crippen LogP contribution in [0.3, 0.4) is 0 Å². The number of nitro groups is 1. The van der Waals surface area contributed by atoms with E-state index in [2.05, 4.69) is 60.8 Å². The number of nitro benzene ring substituents is 1. The van der Waals surface area contributed by atoms with E-state index in [1.807, 2.05) is 13.0 Å². The summed E-state index contributed by atoms with van der Waals surface area (Å²) < 4.78 is 0. The zero-order valence-electron chi connectivity index (χ0n) is 16.0. The highest BCUT2D eigenvalue weighted by atomic mass is 16.6. The molecule has 3 aromatic rings. The Balaban J connectivity index is 1.75. The topological polar surface area (TPSA) is 55.2 Å². The van der Waals surface area contributed by atoms with Crippen molar-refractivity contribution < 1.29 is 4.92 Å². The van der Waals surface area contributed by atoms with Crippen molar-refractivity contribution in [1.82, 2.24) is 0 Å². The Hall–Kier alpha value is -3.14. The van der Waals surface area contributed by atoms with Crippen molar-refractivity contribution in [3.05, 3.63) is 93.1 Å². The van der Waals surface area contributed by atoms with Gasteiger partial charge in [-0.2, -0.15) is 0 Å². The zero-order chi connectivity index (χ0) is 19.4. The van der Waals surface area contributed by atoms with Crippen LogP contribution in [-0.2, 0) is 0 Å². The van der Waals surface area contributed by atoms with Gasteiger partial charge in [0, 0.05) is 12.0 Å². The van der Waals surface area contributed by atoms with Crippen molar-refractivity contribution in [1.29, 1.82) is 0 Å². The molecular weight excluding hydrogens is 348 g/mol. The number of allylic oxidation sites excluding steroid dienone is 2. The van der Waals surface area contributed by atoms with Crippen LogP contribution in [0, 0.1) is 29.9 Å². The van der Waals surface area contributed by atoms with Crippen molar-refractivity contribution in [3.63, 3.8) is 0 Å². The van der Waals surface area contributed by atoms with E-state index in [9.17, 15) is 10.1 Å². The number of benzene rings is 3. The van der Waals surface area contributed by atoms with Crippen LogP contribution in [-0.4, -0.2) is 4.92 Å². The van der Waals surface area contributed by atoms with Gasteiger partial charge in [0.05, 0.1) is 11.0 Å². The average Bonchev–Trinajstić information content (AvgIpc) is 3.19. The second kappa shape index (κ2) is 6.20. The molecule has 0 spiro atoms. The van der Waals surface area contributed by atoms with Gasteiger partial charge in [-0.05, 0) is 59.2 Å². The van der Waals surface area contributed by atoms with Crippen LogP contribution < -0.4 is 5.32 Å². The van der Waals surface area contributed by atoms with Crippen LogP contribution in [0.4, 0.5) is 11.4 Å². The van der Waals surface area contributed by atoms with E-state index in [1.54, 1.807) is 6.07 Å². The molecule has 3 aromatic carbocycles. The van der Waals surface area contributed by atoms with Gasteiger partial charge in [-0.15, -0.1) is 0 Å². The molecule has 0 fully saturated rings. The Labute approximate surface area is 164 Å². The number of nitrogens with zero attached hydrogens (tertiary/aromatic N) is 1. The lowest BCUT2D eigenvalue weighted by Gasteiger charge is -2.38. The van der Waals surface area contributed by atoms with E-state index in [1.165, 1.54) is 16.3 Å². The Morgan fingerprint density at radius 3 is 2.71 bits per heavy atom. The van der Waals surface area contributed by atoms with Crippen LogP contribution in [0.5, 0.6) is 0 Å². The van der Waals surface area contributed by atoms with E-state index in [0.29, 0.717) is 11.6 Å². The molecule has 0 saturated heterocycles. The van der Waals surface area contributed by atoms with Gasteiger partial charge in [0.15, 0.2) is 0 Å². The molecule has 28 heavy (non-hydrogen) atoms. The second-order valence-electron chi connectivity index (χ2n) is 7.93. The lowest BCUT2D eigenvalue weighted by molar-refractivity contribution is -0.384. The Bertz CT molecular complexity index is 1140. The number of hydrogen-bond acceptors (Lipinski definition) is 3. The summed E-state index contributed by atoms with van der Waals surface area (Å²) in [4.78, 5) is 11.6. The molecule has 1 N–H and O–H groups in total. The minimum absolute atomic E-state index is 0.0411. The Morgan fingerprint density at radius 1 is 1.11 bits per heavy atom. The quantitative estimate of drug-likeness (QED) is 0.332. The minimum Gasteiger partial charge on any atom is -0.372 e. The third kappa shape index (κ3) is 2.37. The summed E-state index contributed by atoms with van der Waals surface area (Å²) in [5.41, 5.74) is 5.33. The fourth-order valence-electron chi connectivity index (χ4n) is 5.05. The van der Waals surface area contributed by atoms with Crippen LogP contribution in [0.2, 0.25) is 0 Å². The molecule has 3 atom stereocenters. The monoisotopic (exact) mass is 370 g/mol. The lowest BCUT2D eigenvalue weighted by atomic mass is 9.74. The molecular formula is C24H22N2O2. The van der Waals surface area contributed by atoms with Crippen molar-refractivity contribution >= 4 is 22.1 Å². The first-order valence-corrected chi connectivity index (χ1v) is 9.75. The largest absolute Gasteiger partial charge is 0.372 e. The van der Waals surface area contributed by atoms with Crippen LogP contribution in [0.15, 0.2) is 60.7 Å². The molecule has 1 aliphatic heterocycles. The summed E-state index contributed by atoms with van der Waals surface area (Å²) >= 11 is 0. The fourth-order valence-corrected chi connectivity index (χ4v) is 5.05. The molecule has 0 unspecified atom stereocenters. The standard InChI is InChI=1S/C24H22N2O2/c1-14-13-21(26(27)28)24-22(15(14)2)18-10-6-12-20(18)23(25-24)19-11-5-8-16-7-3-4-9-17(16)19/h3-11,13,18,20,23,25H,12H2,1-2H3/t18-,20+,23-/m1/s1. The fraction of sp³-hybridized carbons (Fsp3) is 0.250. The van der Waals surface area contributed by atoms with Gasteiger partial charge in [-0.1, -0.05) is 54.6 Å². The number of rotatable bonds is 2. The number of nitrogens with one attached hydrogen (secondary N) is 1. The van der Waals surface area contributed by atoms with Crippen LogP contribution in [0.25, 0.3) is 10.8 Å². The molecule has 0 amide bonds. The van der Waals surface area contributed by atoms with E-state index in [0.717, 1.165) is 23.1 Å². The van der Waals surface area contributed by atoms with Crippen LogP contribution in [0.1, 0.15) is 40.6 Å². The first-order valence-electron chi connectivity index (χ1n) is 9.75. The summed E-state index contributed by atoms with van der Waals surface area (Å²) in [5.74, 6) is 0.567. The summed E-state index contributed by atoms with van der Waals surface area (Å²) in [6.45, 7) is 4.05. The smallest absolute Gasteiger partial charge is 0.292 e. The van der Waals surface area contributed by atoms with Crippen molar-refractivity contribution in [2.24, 2.45) is 5.92 Å². The summed E-state index contributed by atoms with van der Waals surface area (Å²) in [5, 5.41) is 17.9. The third-order valence-corrected chi connectivity index (χ3v) is 6.50. The SMILES string of the molecule is Cc1cc([N+](=O)[O-])c2c(c1C)[C@@H]1C=CC[C@@H]1[C@@H](c1cccc3ccccc13)N2. The molecule has 1 aliphatic carbocycles. The average molecular weight is 370 g/mol. The number of anilines is 1. The highest BCUT2D eigenvalue weighted by Crippen LogP contribution is 2.54. The van der Waals surface area contributed by atoms with Crippen molar-refractivity contribution in [2.75, 3.05) is 5.32 Å². The molecule has 1 heterocycles. The van der Waals surface area contributed by atoms with Gasteiger partial charge < -0.3 is 5.32 Å². The first kappa shape index (κ1) is 17.0. The van der Waals surface area contributed by atoms with Gasteiger partial charge in [0.2, 0.25) is 0 Å². The first-order chi connectivity index (χ1) is 13.6. The van der Waals surface area contributed by atoms with Crippen molar-refractivity contribution in [3.8, 4) is 0 Å². The number of fused-ring (bicyclic) bond motifs is 4. The molecule has 0 aromatic heterocycles. The zero-order valence-corrected chi connectivity index (χ0v) is 16.0. The lowest BCUT2D eigenvalue weighted by Crippen LogP contribution is -2.30. The van der Waals surface area contributed by atoms with Crippen LogP contribution >= 0.6 is 0 Å². The number of hydrogen-bond donors (Lipinski definition) is 1. The van der Waals surface area contributed by atoms with E-state index < -0.39 is 0 Å². The van der Waals surface area contributed by atoms with Crippen molar-refractivity contribution in [2.45, 2.75) is 32.2 Å². The summed E-state index contributed by atoms with van der Waals surface area (Å²) in [6, 6.07) is 16.5. The number of aryl methyl sites for hydroxylation is 1. The molecule has 2 aliphatic rings. The predicted octanol–water partition coefficient (Wildman–Crippen LogP) is 6.19. The van der Waals surface area contributed by atoms with E-state index >= 15 is 0 Å². The highest BCUT2D eigenvalue weighted by Gasteiger charge is 2.42. The molecule has 140 valence electrons. The van der Waals surface area contributed by atoms with Gasteiger partial charge in [-0.25, -0.2) is 0 Å². The normalized spacial score (nSPS) is 22.6. The molecule has 0 radical (unpaired) electrons. The molecule has 4 heteroatoms. The maximum absolute atomic E-state index is 11.8. The predicted molar refractivity (Wildman–Crippen MR) is 113 cm³/mol. The van der Waals surface area contributed by atoms with Gasteiger partial charge in [0.25, 0.3) is 5.69 Å².